The van der Waals surface area contributed by atoms with Gasteiger partial charge in [0.15, 0.2) is 6.04 Å². The van der Waals surface area contributed by atoms with Crippen molar-refractivity contribution < 1.29 is 24.7 Å². The van der Waals surface area contributed by atoms with E-state index in [1.54, 1.807) is 30.3 Å². The van der Waals surface area contributed by atoms with Crippen molar-refractivity contribution in [2.75, 3.05) is 0 Å². The van der Waals surface area contributed by atoms with Crippen molar-refractivity contribution >= 4 is 17.6 Å². The van der Waals surface area contributed by atoms with E-state index < -0.39 is 28.9 Å². The third kappa shape index (κ3) is 4.85. The highest BCUT2D eigenvalue weighted by atomic mass is 16.6. The van der Waals surface area contributed by atoms with Crippen LogP contribution in [0.3, 0.4) is 0 Å². The lowest BCUT2D eigenvalue weighted by atomic mass is 10.0. The summed E-state index contributed by atoms with van der Waals surface area (Å²) in [5.74, 6) is -1.98. The Kier molecular flexibility index (Phi) is 5.80. The maximum atomic E-state index is 12.1. The van der Waals surface area contributed by atoms with Crippen molar-refractivity contribution in [1.82, 2.24) is 5.32 Å². The Morgan fingerprint density at radius 1 is 1.08 bits per heavy atom. The molecule has 0 fully saturated rings. The smallest absolute Gasteiger partial charge is 0.329 e. The molecule has 2 aromatic rings. The van der Waals surface area contributed by atoms with Gasteiger partial charge >= 0.3 is 5.97 Å². The number of hydrogen-bond acceptors (Lipinski definition) is 5. The Hall–Kier alpha value is -3.26. The first kappa shape index (κ1) is 18.1. The molecule has 0 aromatic heterocycles. The first-order chi connectivity index (χ1) is 11.9. The number of rotatable bonds is 7. The number of aliphatic carboxylic acids is 1. The molecule has 0 heterocycles. The van der Waals surface area contributed by atoms with Crippen LogP contribution in [0, 0.1) is 10.1 Å². The van der Waals surface area contributed by atoms with Gasteiger partial charge in [-0.2, -0.15) is 0 Å². The topological polar surface area (TPSA) is 130 Å². The molecule has 2 rings (SSSR count). The second-order valence-corrected chi connectivity index (χ2v) is 5.34. The van der Waals surface area contributed by atoms with E-state index in [4.69, 9.17) is 0 Å². The number of nitro benzene ring substituents is 1. The molecule has 0 radical (unpaired) electrons. The predicted octanol–water partition coefficient (Wildman–Crippen LogP) is 1.44. The number of aliphatic hydroxyl groups is 1. The zero-order valence-electron chi connectivity index (χ0n) is 13.0. The molecule has 2 atom stereocenters. The summed E-state index contributed by atoms with van der Waals surface area (Å²) >= 11 is 0. The molecule has 0 aliphatic heterocycles. The molecule has 0 aliphatic rings. The molecule has 0 aliphatic carbocycles. The van der Waals surface area contributed by atoms with Gasteiger partial charge in [-0.3, -0.25) is 14.9 Å². The van der Waals surface area contributed by atoms with Crippen LogP contribution in [-0.4, -0.2) is 33.1 Å². The Morgan fingerprint density at radius 3 is 2.20 bits per heavy atom. The Bertz CT molecular complexity index is 760. The summed E-state index contributed by atoms with van der Waals surface area (Å²) in [5.41, 5.74) is 0.749. The van der Waals surface area contributed by atoms with Crippen LogP contribution in [-0.2, 0) is 16.0 Å². The quantitative estimate of drug-likeness (QED) is 0.515. The minimum Gasteiger partial charge on any atom is -0.480 e. The second-order valence-electron chi connectivity index (χ2n) is 5.34. The van der Waals surface area contributed by atoms with E-state index in [9.17, 15) is 29.9 Å². The fourth-order valence-electron chi connectivity index (χ4n) is 2.26. The molecule has 2 unspecified atom stereocenters. The third-order valence-electron chi connectivity index (χ3n) is 3.55. The molecule has 3 N–H and O–H groups in total. The third-order valence-corrected chi connectivity index (χ3v) is 3.55. The monoisotopic (exact) mass is 344 g/mol. The minimum atomic E-state index is -1.51. The first-order valence-corrected chi connectivity index (χ1v) is 7.37. The first-order valence-electron chi connectivity index (χ1n) is 7.37. The summed E-state index contributed by atoms with van der Waals surface area (Å²) in [5, 5.41) is 32.3. The van der Waals surface area contributed by atoms with Gasteiger partial charge in [0.2, 0.25) is 5.91 Å². The molecule has 130 valence electrons. The van der Waals surface area contributed by atoms with Crippen LogP contribution in [0.4, 0.5) is 5.69 Å². The van der Waals surface area contributed by atoms with Crippen LogP contribution >= 0.6 is 0 Å². The average Bonchev–Trinajstić information content (AvgIpc) is 2.60. The standard InChI is InChI=1S/C17H16N2O6/c20-14(10-11-6-8-13(9-7-11)19(24)25)18-15(17(22)23)16(21)12-4-2-1-3-5-12/h1-9,15-16,21H,10H2,(H,18,20)(H,22,23). The number of hydrogen-bond donors (Lipinski definition) is 3. The van der Waals surface area contributed by atoms with Gasteiger partial charge in [0.1, 0.15) is 6.10 Å². The van der Waals surface area contributed by atoms with Crippen molar-refractivity contribution in [2.24, 2.45) is 0 Å². The number of nitro groups is 1. The zero-order chi connectivity index (χ0) is 18.4. The van der Waals surface area contributed by atoms with E-state index in [1.165, 1.54) is 24.3 Å². The van der Waals surface area contributed by atoms with E-state index in [0.717, 1.165) is 0 Å². The van der Waals surface area contributed by atoms with E-state index >= 15 is 0 Å². The maximum absolute atomic E-state index is 12.1. The lowest BCUT2D eigenvalue weighted by Crippen LogP contribution is -2.45. The Balaban J connectivity index is 2.05. The number of benzene rings is 2. The number of aliphatic hydroxyl groups excluding tert-OH is 1. The lowest BCUT2D eigenvalue weighted by Gasteiger charge is -2.20. The van der Waals surface area contributed by atoms with E-state index in [0.29, 0.717) is 11.1 Å². The summed E-state index contributed by atoms with van der Waals surface area (Å²) in [7, 11) is 0. The molecular weight excluding hydrogens is 328 g/mol. The van der Waals surface area contributed by atoms with Gasteiger partial charge < -0.3 is 15.5 Å². The molecule has 2 aromatic carbocycles. The summed E-state index contributed by atoms with van der Waals surface area (Å²) in [6.07, 6.45) is -1.57. The number of carboxylic acid groups (broad SMARTS) is 1. The van der Waals surface area contributed by atoms with Crippen LogP contribution < -0.4 is 5.32 Å². The highest BCUT2D eigenvalue weighted by Gasteiger charge is 2.29. The molecule has 0 saturated heterocycles. The maximum Gasteiger partial charge on any atom is 0.329 e. The van der Waals surface area contributed by atoms with E-state index in [2.05, 4.69) is 5.32 Å². The normalized spacial score (nSPS) is 12.8. The number of amides is 1. The summed E-state index contributed by atoms with van der Waals surface area (Å²) in [6.45, 7) is 0. The second kappa shape index (κ2) is 8.02. The van der Waals surface area contributed by atoms with Gasteiger partial charge in [0.05, 0.1) is 11.3 Å². The number of nitrogens with one attached hydrogen (secondary N) is 1. The number of carbonyl (C=O) groups is 2. The predicted molar refractivity (Wildman–Crippen MR) is 87.8 cm³/mol. The Morgan fingerprint density at radius 2 is 1.68 bits per heavy atom. The molecule has 0 bridgehead atoms. The number of non-ortho nitro benzene ring substituents is 1. The molecule has 0 saturated carbocycles. The average molecular weight is 344 g/mol. The van der Waals surface area contributed by atoms with Gasteiger partial charge in [0, 0.05) is 12.1 Å². The van der Waals surface area contributed by atoms with Crippen LogP contribution in [0.25, 0.3) is 0 Å². The SMILES string of the molecule is O=C(Cc1ccc([N+](=O)[O-])cc1)NC(C(=O)O)C(O)c1ccccc1. The van der Waals surface area contributed by atoms with Gasteiger partial charge in [-0.1, -0.05) is 42.5 Å². The summed E-state index contributed by atoms with van der Waals surface area (Å²) in [4.78, 5) is 33.5. The number of nitrogens with zero attached hydrogens (tertiary/aromatic N) is 1. The fraction of sp³-hybridized carbons (Fsp3) is 0.176. The zero-order valence-corrected chi connectivity index (χ0v) is 13.0. The van der Waals surface area contributed by atoms with Crippen molar-refractivity contribution in [3.8, 4) is 0 Å². The molecule has 1 amide bonds. The summed E-state index contributed by atoms with van der Waals surface area (Å²) in [6, 6.07) is 12.0. The van der Waals surface area contributed by atoms with Crippen LogP contribution in [0.2, 0.25) is 0 Å². The van der Waals surface area contributed by atoms with Gasteiger partial charge in [-0.15, -0.1) is 0 Å². The van der Waals surface area contributed by atoms with Crippen molar-refractivity contribution in [3.63, 3.8) is 0 Å². The van der Waals surface area contributed by atoms with Crippen LogP contribution in [0.5, 0.6) is 0 Å². The van der Waals surface area contributed by atoms with Crippen LogP contribution in [0.15, 0.2) is 54.6 Å². The molecular formula is C17H16N2O6. The van der Waals surface area contributed by atoms with E-state index in [-0.39, 0.29) is 12.1 Å². The van der Waals surface area contributed by atoms with Gasteiger partial charge in [-0.05, 0) is 11.1 Å². The molecule has 25 heavy (non-hydrogen) atoms. The van der Waals surface area contributed by atoms with Crippen molar-refractivity contribution in [3.05, 3.63) is 75.8 Å². The lowest BCUT2D eigenvalue weighted by molar-refractivity contribution is -0.384. The van der Waals surface area contributed by atoms with Gasteiger partial charge in [-0.25, -0.2) is 4.79 Å². The fourth-order valence-corrected chi connectivity index (χ4v) is 2.26. The minimum absolute atomic E-state index is 0.105. The molecule has 0 spiro atoms. The highest BCUT2D eigenvalue weighted by molar-refractivity contribution is 5.85. The van der Waals surface area contributed by atoms with Crippen LogP contribution in [0.1, 0.15) is 17.2 Å². The highest BCUT2D eigenvalue weighted by Crippen LogP contribution is 2.17. The Labute approximate surface area is 142 Å². The van der Waals surface area contributed by atoms with E-state index in [1.807, 2.05) is 0 Å². The van der Waals surface area contributed by atoms with Crippen molar-refractivity contribution in [2.45, 2.75) is 18.6 Å². The molecule has 8 nitrogen and oxygen atoms in total. The largest absolute Gasteiger partial charge is 0.480 e. The number of carbonyl (C=O) groups excluding carboxylic acids is 1. The molecule has 8 heteroatoms. The van der Waals surface area contributed by atoms with Crippen molar-refractivity contribution in [1.29, 1.82) is 0 Å². The number of carboxylic acids is 1. The van der Waals surface area contributed by atoms with Gasteiger partial charge in [0.25, 0.3) is 5.69 Å². The summed E-state index contributed by atoms with van der Waals surface area (Å²) < 4.78 is 0.